The van der Waals surface area contributed by atoms with Gasteiger partial charge in [-0.05, 0) is 13.8 Å². The van der Waals surface area contributed by atoms with Gasteiger partial charge in [-0.25, -0.2) is 4.79 Å². The lowest BCUT2D eigenvalue weighted by Crippen LogP contribution is -2.31. The average Bonchev–Trinajstić information content (AvgIpc) is 2.50. The molecule has 122 valence electrons. The zero-order chi connectivity index (χ0) is 17.7. The molecule has 0 aliphatic heterocycles. The molecule has 0 aliphatic rings. The van der Waals surface area contributed by atoms with E-state index in [1.807, 2.05) is 0 Å². The van der Waals surface area contributed by atoms with Crippen molar-refractivity contribution in [1.82, 2.24) is 0 Å². The minimum Gasteiger partial charge on any atom is -0.466 e. The van der Waals surface area contributed by atoms with Gasteiger partial charge in [0.15, 0.2) is 0 Å². The van der Waals surface area contributed by atoms with Crippen molar-refractivity contribution in [3.8, 4) is 0 Å². The molecule has 0 heterocycles. The molecule has 1 unspecified atom stereocenters. The van der Waals surface area contributed by atoms with E-state index >= 15 is 0 Å². The van der Waals surface area contributed by atoms with E-state index in [2.05, 4.69) is 11.3 Å². The van der Waals surface area contributed by atoms with Gasteiger partial charge in [-0.1, -0.05) is 24.8 Å². The Bertz CT molecular complexity index is 665. The number of hydrogen-bond donors (Lipinski definition) is 0. The highest BCUT2D eigenvalue weighted by Crippen LogP contribution is 2.38. The lowest BCUT2D eigenvalue weighted by atomic mass is 9.76. The Hall–Kier alpha value is -2.83. The maximum atomic E-state index is 11.9. The van der Waals surface area contributed by atoms with Gasteiger partial charge in [0, 0.05) is 23.1 Å². The van der Waals surface area contributed by atoms with Crippen LogP contribution in [0.5, 0.6) is 0 Å². The molecule has 0 spiro atoms. The molecule has 0 saturated heterocycles. The number of nitro benzene ring substituents is 1. The van der Waals surface area contributed by atoms with E-state index in [0.29, 0.717) is 0 Å². The number of hydrogen-bond acceptors (Lipinski definition) is 6. The summed E-state index contributed by atoms with van der Waals surface area (Å²) in [6, 6.07) is 5.62. The van der Waals surface area contributed by atoms with Gasteiger partial charge in [0.25, 0.3) is 5.69 Å². The Morgan fingerprint density at radius 2 is 1.70 bits per heavy atom. The summed E-state index contributed by atoms with van der Waals surface area (Å²) in [4.78, 5) is 46.3. The maximum absolute atomic E-state index is 11.9. The average molecular weight is 319 g/mol. The molecule has 0 fully saturated rings. The molecule has 0 amide bonds. The molecule has 0 radical (unpaired) electrons. The fraction of sp³-hybridized carbons (Fsp3) is 0.312. The lowest BCUT2D eigenvalue weighted by Gasteiger charge is -2.24. The molecule has 7 nitrogen and oxygen atoms in total. The number of methoxy groups -OCH3 is 1. The summed E-state index contributed by atoms with van der Waals surface area (Å²) in [6.45, 7) is 5.97. The van der Waals surface area contributed by atoms with Crippen LogP contribution in [0, 0.1) is 16.0 Å². The number of para-hydroxylation sites is 1. The van der Waals surface area contributed by atoms with Gasteiger partial charge in [-0.3, -0.25) is 19.7 Å². The van der Waals surface area contributed by atoms with Crippen molar-refractivity contribution in [2.75, 3.05) is 7.11 Å². The number of Topliss-reactive ketones (excluding diaryl/α,β-unsaturated/α-hetero) is 2. The molecule has 1 aromatic rings. The number of carbonyl (C=O) groups excluding carboxylic acids is 3. The quantitative estimate of drug-likeness (QED) is 0.251. The molecule has 1 rings (SSSR count). The van der Waals surface area contributed by atoms with Crippen molar-refractivity contribution in [2.45, 2.75) is 19.8 Å². The number of rotatable bonds is 7. The first-order valence-corrected chi connectivity index (χ1v) is 6.73. The first-order chi connectivity index (χ1) is 10.7. The second kappa shape index (κ2) is 7.44. The van der Waals surface area contributed by atoms with Crippen LogP contribution in [0.1, 0.15) is 25.3 Å². The number of ether oxygens (including phenoxy) is 1. The van der Waals surface area contributed by atoms with Crippen LogP contribution in [0.25, 0.3) is 0 Å². The Morgan fingerprint density at radius 1 is 1.17 bits per heavy atom. The standard InChI is InChI=1S/C16H17NO6/c1-9(16(20)23-4)14(15(10(2)18)11(3)19)12-7-5-6-8-13(12)17(21)22/h5-8,14-15H,1H2,2-4H3. The minimum atomic E-state index is -1.25. The van der Waals surface area contributed by atoms with Gasteiger partial charge in [-0.2, -0.15) is 0 Å². The number of esters is 1. The van der Waals surface area contributed by atoms with Crippen LogP contribution >= 0.6 is 0 Å². The molecular formula is C16H17NO6. The molecule has 0 bridgehead atoms. The second-order valence-corrected chi connectivity index (χ2v) is 5.01. The first kappa shape index (κ1) is 18.2. The van der Waals surface area contributed by atoms with Gasteiger partial charge >= 0.3 is 5.97 Å². The van der Waals surface area contributed by atoms with Crippen LogP contribution in [0.15, 0.2) is 36.4 Å². The Balaban J connectivity index is 3.62. The summed E-state index contributed by atoms with van der Waals surface area (Å²) >= 11 is 0. The van der Waals surface area contributed by atoms with E-state index in [4.69, 9.17) is 0 Å². The van der Waals surface area contributed by atoms with E-state index in [1.165, 1.54) is 38.1 Å². The summed E-state index contributed by atoms with van der Waals surface area (Å²) in [7, 11) is 1.13. The molecule has 0 aromatic heterocycles. The molecule has 1 atom stereocenters. The Kier molecular flexibility index (Phi) is 5.89. The van der Waals surface area contributed by atoms with E-state index in [9.17, 15) is 24.5 Å². The number of nitrogens with zero attached hydrogens (tertiary/aromatic N) is 1. The minimum absolute atomic E-state index is 0.0725. The molecule has 7 heteroatoms. The van der Waals surface area contributed by atoms with Crippen molar-refractivity contribution in [3.63, 3.8) is 0 Å². The number of benzene rings is 1. The molecular weight excluding hydrogens is 302 g/mol. The monoisotopic (exact) mass is 319 g/mol. The Morgan fingerprint density at radius 3 is 2.13 bits per heavy atom. The van der Waals surface area contributed by atoms with Crippen molar-refractivity contribution in [2.24, 2.45) is 5.92 Å². The van der Waals surface area contributed by atoms with Crippen LogP contribution in [-0.2, 0) is 19.1 Å². The number of nitro groups is 1. The highest BCUT2D eigenvalue weighted by molar-refractivity contribution is 6.04. The fourth-order valence-electron chi connectivity index (χ4n) is 2.50. The lowest BCUT2D eigenvalue weighted by molar-refractivity contribution is -0.385. The first-order valence-electron chi connectivity index (χ1n) is 6.73. The van der Waals surface area contributed by atoms with Gasteiger partial charge in [0.2, 0.25) is 0 Å². The summed E-state index contributed by atoms with van der Waals surface area (Å²) < 4.78 is 4.59. The van der Waals surface area contributed by atoms with Crippen molar-refractivity contribution < 1.29 is 24.0 Å². The SMILES string of the molecule is C=C(C(=O)OC)C(c1ccccc1[N+](=O)[O-])C(C(C)=O)C(C)=O. The fourth-order valence-corrected chi connectivity index (χ4v) is 2.50. The summed E-state index contributed by atoms with van der Waals surface area (Å²) in [5.41, 5.74) is -0.407. The topological polar surface area (TPSA) is 104 Å². The van der Waals surface area contributed by atoms with Gasteiger partial charge in [-0.15, -0.1) is 0 Å². The summed E-state index contributed by atoms with van der Waals surface area (Å²) in [6.07, 6.45) is 0. The predicted octanol–water partition coefficient (Wildman–Crippen LogP) is 2.20. The third-order valence-electron chi connectivity index (χ3n) is 3.50. The highest BCUT2D eigenvalue weighted by atomic mass is 16.6. The number of carbonyl (C=O) groups is 3. The molecule has 0 N–H and O–H groups in total. The van der Waals surface area contributed by atoms with Gasteiger partial charge in [0.1, 0.15) is 11.6 Å². The van der Waals surface area contributed by atoms with E-state index in [1.54, 1.807) is 0 Å². The third kappa shape index (κ3) is 3.88. The van der Waals surface area contributed by atoms with Crippen LogP contribution < -0.4 is 0 Å². The number of ketones is 2. The zero-order valence-electron chi connectivity index (χ0n) is 13.1. The molecule has 0 aliphatic carbocycles. The summed E-state index contributed by atoms with van der Waals surface area (Å²) in [5, 5.41) is 11.2. The van der Waals surface area contributed by atoms with Crippen molar-refractivity contribution in [3.05, 3.63) is 52.1 Å². The van der Waals surface area contributed by atoms with E-state index < -0.39 is 34.3 Å². The third-order valence-corrected chi connectivity index (χ3v) is 3.50. The highest BCUT2D eigenvalue weighted by Gasteiger charge is 2.39. The van der Waals surface area contributed by atoms with Gasteiger partial charge < -0.3 is 4.74 Å². The molecule has 0 saturated carbocycles. The van der Waals surface area contributed by atoms with Crippen LogP contribution in [0.2, 0.25) is 0 Å². The van der Waals surface area contributed by atoms with Gasteiger partial charge in [0.05, 0.1) is 18.0 Å². The molecule has 1 aromatic carbocycles. The molecule has 23 heavy (non-hydrogen) atoms. The largest absolute Gasteiger partial charge is 0.466 e. The second-order valence-electron chi connectivity index (χ2n) is 5.01. The smallest absolute Gasteiger partial charge is 0.333 e. The van der Waals surface area contributed by atoms with Crippen LogP contribution in [-0.4, -0.2) is 29.6 Å². The van der Waals surface area contributed by atoms with Crippen molar-refractivity contribution in [1.29, 1.82) is 0 Å². The van der Waals surface area contributed by atoms with Crippen LogP contribution in [0.3, 0.4) is 0 Å². The van der Waals surface area contributed by atoms with E-state index in [-0.39, 0.29) is 16.8 Å². The van der Waals surface area contributed by atoms with E-state index in [0.717, 1.165) is 7.11 Å². The Labute approximate surface area is 133 Å². The maximum Gasteiger partial charge on any atom is 0.333 e. The summed E-state index contributed by atoms with van der Waals surface area (Å²) in [5.74, 6) is -4.25. The van der Waals surface area contributed by atoms with Crippen LogP contribution in [0.4, 0.5) is 5.69 Å². The predicted molar refractivity (Wildman–Crippen MR) is 81.8 cm³/mol. The normalized spacial score (nSPS) is 11.7. The van der Waals surface area contributed by atoms with Crippen molar-refractivity contribution >= 4 is 23.2 Å². The zero-order valence-corrected chi connectivity index (χ0v) is 13.1.